The van der Waals surface area contributed by atoms with Gasteiger partial charge in [-0.3, -0.25) is 14.8 Å². The lowest BCUT2D eigenvalue weighted by Gasteiger charge is -2.32. The molecule has 2 aliphatic heterocycles. The normalized spacial score (nSPS) is 27.5. The van der Waals surface area contributed by atoms with Crippen molar-refractivity contribution in [3.05, 3.63) is 17.6 Å². The second-order valence-electron chi connectivity index (χ2n) is 9.59. The summed E-state index contributed by atoms with van der Waals surface area (Å²) < 4.78 is 0. The average molecular weight is 386 g/mol. The number of carbonyl (C=O) groups excluding carboxylic acids is 1. The molecule has 1 unspecified atom stereocenters. The van der Waals surface area contributed by atoms with Crippen LogP contribution in [0.5, 0.6) is 0 Å². The van der Waals surface area contributed by atoms with Crippen LogP contribution >= 0.6 is 0 Å². The van der Waals surface area contributed by atoms with Crippen molar-refractivity contribution in [3.63, 3.8) is 0 Å². The minimum absolute atomic E-state index is 0.0132. The molecule has 1 aromatic rings. The summed E-state index contributed by atoms with van der Waals surface area (Å²) >= 11 is 0. The Morgan fingerprint density at radius 3 is 2.75 bits per heavy atom. The van der Waals surface area contributed by atoms with Gasteiger partial charge in [-0.2, -0.15) is 0 Å². The Kier molecular flexibility index (Phi) is 4.41. The highest BCUT2D eigenvalue weighted by Crippen LogP contribution is 2.38. The van der Waals surface area contributed by atoms with Gasteiger partial charge in [-0.1, -0.05) is 33.8 Å². The molecule has 0 bridgehead atoms. The number of hydrogen-bond acceptors (Lipinski definition) is 4. The number of aliphatic imine (C=N–C) groups is 1. The van der Waals surface area contributed by atoms with E-state index in [0.717, 1.165) is 35.8 Å². The van der Waals surface area contributed by atoms with Crippen LogP contribution in [0.2, 0.25) is 0 Å². The van der Waals surface area contributed by atoms with E-state index in [4.69, 9.17) is 9.98 Å². The number of allylic oxidation sites excluding steroid dienone is 1. The molecule has 1 aromatic heterocycles. The van der Waals surface area contributed by atoms with Crippen molar-refractivity contribution >= 4 is 23.3 Å². The van der Waals surface area contributed by atoms with Gasteiger partial charge in [-0.15, -0.1) is 0 Å². The first kappa shape index (κ1) is 19.2. The molecule has 152 valence electrons. The summed E-state index contributed by atoms with van der Waals surface area (Å²) in [6, 6.07) is 0.0371. The molecule has 1 aliphatic carbocycles. The fourth-order valence-corrected chi connectivity index (χ4v) is 4.05. The SMILES string of the molecule is CCCN1C(=O)N2C[C@@H](C(C)(C)C)N=C2c2[nH]c(C3=CCC(C)(O)CC3)nc21. The lowest BCUT2D eigenvalue weighted by Crippen LogP contribution is -2.51. The van der Waals surface area contributed by atoms with Crippen LogP contribution in [0.25, 0.3) is 5.57 Å². The van der Waals surface area contributed by atoms with E-state index in [0.29, 0.717) is 31.7 Å². The van der Waals surface area contributed by atoms with Gasteiger partial charge in [0.05, 0.1) is 18.2 Å². The fraction of sp³-hybridized carbons (Fsp3) is 0.667. The van der Waals surface area contributed by atoms with Gasteiger partial charge in [0.25, 0.3) is 0 Å². The van der Waals surface area contributed by atoms with E-state index >= 15 is 0 Å². The number of aromatic amines is 1. The number of carbonyl (C=O) groups is 1. The van der Waals surface area contributed by atoms with Crippen molar-refractivity contribution in [3.8, 4) is 0 Å². The van der Waals surface area contributed by atoms with Gasteiger partial charge in [-0.25, -0.2) is 9.78 Å². The molecule has 3 heterocycles. The topological polar surface area (TPSA) is 84.8 Å². The Hall–Kier alpha value is -2.15. The van der Waals surface area contributed by atoms with E-state index in [-0.39, 0.29) is 17.5 Å². The van der Waals surface area contributed by atoms with Gasteiger partial charge >= 0.3 is 6.03 Å². The van der Waals surface area contributed by atoms with Gasteiger partial charge in [0.1, 0.15) is 11.5 Å². The number of amides is 2. The lowest BCUT2D eigenvalue weighted by molar-refractivity contribution is 0.0523. The summed E-state index contributed by atoms with van der Waals surface area (Å²) in [5.41, 5.74) is 1.28. The molecule has 0 saturated carbocycles. The number of hydrogen-bond donors (Lipinski definition) is 2. The molecular formula is C21H31N5O2. The Balaban J connectivity index is 1.76. The van der Waals surface area contributed by atoms with Crippen molar-refractivity contribution in [2.45, 2.75) is 71.9 Å². The largest absolute Gasteiger partial charge is 0.390 e. The predicted octanol–water partition coefficient (Wildman–Crippen LogP) is 3.55. The van der Waals surface area contributed by atoms with Crippen LogP contribution in [0.15, 0.2) is 11.1 Å². The summed E-state index contributed by atoms with van der Waals surface area (Å²) in [6.45, 7) is 11.7. The van der Waals surface area contributed by atoms with E-state index in [9.17, 15) is 9.90 Å². The molecule has 28 heavy (non-hydrogen) atoms. The third kappa shape index (κ3) is 3.15. The second kappa shape index (κ2) is 6.44. The number of rotatable bonds is 3. The molecule has 7 nitrogen and oxygen atoms in total. The van der Waals surface area contributed by atoms with Crippen LogP contribution in [-0.4, -0.2) is 56.6 Å². The smallest absolute Gasteiger partial charge is 0.331 e. The van der Waals surface area contributed by atoms with Crippen molar-refractivity contribution in [1.82, 2.24) is 14.9 Å². The maximum Gasteiger partial charge on any atom is 0.331 e. The number of aliphatic hydroxyl groups is 1. The molecule has 4 rings (SSSR count). The number of nitrogens with one attached hydrogen (secondary N) is 1. The lowest BCUT2D eigenvalue weighted by atomic mass is 9.87. The zero-order valence-corrected chi connectivity index (χ0v) is 17.5. The van der Waals surface area contributed by atoms with Gasteiger partial charge in [-0.05, 0) is 43.6 Å². The highest BCUT2D eigenvalue weighted by Gasteiger charge is 2.45. The molecule has 3 aliphatic rings. The summed E-state index contributed by atoms with van der Waals surface area (Å²) in [5, 5.41) is 10.2. The van der Waals surface area contributed by atoms with Crippen LogP contribution < -0.4 is 4.90 Å². The first-order valence-electron chi connectivity index (χ1n) is 10.3. The van der Waals surface area contributed by atoms with Crippen LogP contribution in [0.1, 0.15) is 71.8 Å². The number of anilines is 1. The highest BCUT2D eigenvalue weighted by atomic mass is 16.3. The predicted molar refractivity (Wildman–Crippen MR) is 111 cm³/mol. The Morgan fingerprint density at radius 2 is 2.14 bits per heavy atom. The molecule has 0 fully saturated rings. The van der Waals surface area contributed by atoms with E-state index < -0.39 is 5.60 Å². The minimum atomic E-state index is -0.647. The standard InChI is InChI=1S/C21H31N5O2/c1-6-11-25-18-15(17-22-14(20(2,3)4)12-26(17)19(25)27)23-16(24-18)13-7-9-21(5,28)10-8-13/h7,14,28H,6,8-12H2,1-5H3,(H,23,24)/t14-,21?/m0/s1. The van der Waals surface area contributed by atoms with Gasteiger partial charge in [0.15, 0.2) is 11.7 Å². The Labute approximate surface area is 166 Å². The van der Waals surface area contributed by atoms with Crippen molar-refractivity contribution < 1.29 is 9.90 Å². The summed E-state index contributed by atoms with van der Waals surface area (Å²) in [7, 11) is 0. The van der Waals surface area contributed by atoms with Crippen molar-refractivity contribution in [2.24, 2.45) is 10.4 Å². The van der Waals surface area contributed by atoms with Gasteiger partial charge < -0.3 is 10.1 Å². The maximum atomic E-state index is 13.2. The van der Waals surface area contributed by atoms with Crippen LogP contribution in [0, 0.1) is 5.41 Å². The molecule has 2 amide bonds. The second-order valence-corrected chi connectivity index (χ2v) is 9.59. The van der Waals surface area contributed by atoms with E-state index in [1.807, 2.05) is 6.92 Å². The van der Waals surface area contributed by atoms with E-state index in [2.05, 4.69) is 38.8 Å². The van der Waals surface area contributed by atoms with Gasteiger partial charge in [0.2, 0.25) is 0 Å². The third-order valence-corrected chi connectivity index (χ3v) is 5.99. The molecule has 0 spiro atoms. The van der Waals surface area contributed by atoms with Crippen molar-refractivity contribution in [1.29, 1.82) is 0 Å². The number of nitrogens with zero attached hydrogens (tertiary/aromatic N) is 4. The van der Waals surface area contributed by atoms with Crippen LogP contribution in [0.3, 0.4) is 0 Å². The first-order chi connectivity index (χ1) is 13.1. The number of imidazole rings is 1. The highest BCUT2D eigenvalue weighted by molar-refractivity contribution is 6.18. The zero-order chi connectivity index (χ0) is 20.3. The summed E-state index contributed by atoms with van der Waals surface area (Å²) in [6.07, 6.45) is 5.02. The number of fused-ring (bicyclic) bond motifs is 3. The quantitative estimate of drug-likeness (QED) is 0.834. The number of amidine groups is 1. The molecule has 2 N–H and O–H groups in total. The molecular weight excluding hydrogens is 354 g/mol. The van der Waals surface area contributed by atoms with Crippen LogP contribution in [-0.2, 0) is 0 Å². The molecule has 0 radical (unpaired) electrons. The Morgan fingerprint density at radius 1 is 1.39 bits per heavy atom. The molecule has 7 heteroatoms. The fourth-order valence-electron chi connectivity index (χ4n) is 4.05. The average Bonchev–Trinajstić information content (AvgIpc) is 3.22. The van der Waals surface area contributed by atoms with E-state index in [1.165, 1.54) is 0 Å². The molecule has 0 saturated heterocycles. The zero-order valence-electron chi connectivity index (χ0n) is 17.5. The minimum Gasteiger partial charge on any atom is -0.390 e. The van der Waals surface area contributed by atoms with E-state index in [1.54, 1.807) is 9.80 Å². The number of H-pyrrole nitrogens is 1. The first-order valence-corrected chi connectivity index (χ1v) is 10.3. The van der Waals surface area contributed by atoms with Gasteiger partial charge in [0, 0.05) is 6.54 Å². The molecule has 0 aromatic carbocycles. The molecule has 2 atom stereocenters. The summed E-state index contributed by atoms with van der Waals surface area (Å²) in [4.78, 5) is 29.9. The maximum absolute atomic E-state index is 13.2. The Bertz CT molecular complexity index is 859. The van der Waals surface area contributed by atoms with Crippen molar-refractivity contribution in [2.75, 3.05) is 18.0 Å². The van der Waals surface area contributed by atoms with Crippen LogP contribution in [0.4, 0.5) is 10.6 Å². The number of urea groups is 1. The number of aromatic nitrogens is 2. The summed E-state index contributed by atoms with van der Waals surface area (Å²) in [5.74, 6) is 2.19. The monoisotopic (exact) mass is 385 g/mol. The third-order valence-electron chi connectivity index (χ3n) is 5.99.